The molecule has 0 aromatic rings. The molecule has 0 fully saturated rings. The Hall–Kier alpha value is -2.82. The Balaban J connectivity index is 4.04. The van der Waals surface area contributed by atoms with Crippen LogP contribution in [0.2, 0.25) is 0 Å². The number of phosphoric acid groups is 1. The number of aliphatic carboxylic acids is 1. The van der Waals surface area contributed by atoms with Crippen molar-refractivity contribution in [3.05, 3.63) is 60.8 Å². The summed E-state index contributed by atoms with van der Waals surface area (Å²) in [6, 6.07) is -1.58. The third kappa shape index (κ3) is 36.2. The van der Waals surface area contributed by atoms with Gasteiger partial charge < -0.3 is 25.2 Å². The van der Waals surface area contributed by atoms with E-state index in [1.807, 2.05) is 12.2 Å². The Morgan fingerprint density at radius 1 is 0.611 bits per heavy atom. The maximum atomic E-state index is 12.3. The molecule has 4 N–H and O–H groups in total. The van der Waals surface area contributed by atoms with Crippen LogP contribution in [0.5, 0.6) is 0 Å². The predicted octanol–water partition coefficient (Wildman–Crippen LogP) is 10.00. The number of allylic oxidation sites excluding steroid dienone is 10. The number of carbonyl (C=O) groups excluding carboxylic acids is 2. The molecule has 3 unspecified atom stereocenters. The number of ether oxygens (including phenoxy) is 1. The number of rotatable bonds is 37. The minimum absolute atomic E-state index is 0.0651. The zero-order valence-electron chi connectivity index (χ0n) is 33.3. The summed E-state index contributed by atoms with van der Waals surface area (Å²) in [4.78, 5) is 45.8. The molecule has 0 radical (unpaired) electrons. The van der Waals surface area contributed by atoms with Gasteiger partial charge >= 0.3 is 19.8 Å². The van der Waals surface area contributed by atoms with Crippen LogP contribution in [-0.4, -0.2) is 64.9 Å². The van der Waals surface area contributed by atoms with Gasteiger partial charge in [0, 0.05) is 12.8 Å². The first kappa shape index (κ1) is 51.2. The van der Waals surface area contributed by atoms with E-state index in [0.717, 1.165) is 51.4 Å². The lowest BCUT2D eigenvalue weighted by molar-refractivity contribution is -0.147. The van der Waals surface area contributed by atoms with Crippen LogP contribution in [0.3, 0.4) is 0 Å². The van der Waals surface area contributed by atoms with E-state index in [1.165, 1.54) is 57.8 Å². The SMILES string of the molecule is CC/C=C\C/C=C\C/C=C\C/C=C\C/C=C\CCCC(=O)NC(COP(=O)(O)OCC(O)COC(=O)CCCCCCCCCCCCCCC)C(=O)O. The van der Waals surface area contributed by atoms with Crippen LogP contribution in [0.25, 0.3) is 0 Å². The lowest BCUT2D eigenvalue weighted by Gasteiger charge is -2.18. The number of carboxylic acid groups (broad SMARTS) is 1. The Kier molecular flexibility index (Phi) is 35.2. The van der Waals surface area contributed by atoms with Crippen LogP contribution < -0.4 is 5.32 Å². The second-order valence-corrected chi connectivity index (χ2v) is 14.9. The molecule has 0 saturated carbocycles. The molecule has 0 aliphatic heterocycles. The van der Waals surface area contributed by atoms with Gasteiger partial charge in [0.1, 0.15) is 12.7 Å². The third-order valence-electron chi connectivity index (χ3n) is 8.32. The van der Waals surface area contributed by atoms with Gasteiger partial charge in [0.25, 0.3) is 0 Å². The first-order chi connectivity index (χ1) is 26.1. The second kappa shape index (κ2) is 37.1. The van der Waals surface area contributed by atoms with E-state index < -0.39 is 57.6 Å². The fraction of sp³-hybridized carbons (Fsp3) is 0.690. The van der Waals surface area contributed by atoms with Gasteiger partial charge in [0.05, 0.1) is 13.2 Å². The van der Waals surface area contributed by atoms with Gasteiger partial charge in [-0.1, -0.05) is 152 Å². The first-order valence-corrected chi connectivity index (χ1v) is 21.8. The number of aliphatic hydroxyl groups excluding tert-OH is 1. The Morgan fingerprint density at radius 2 is 1.07 bits per heavy atom. The average molecular weight is 782 g/mol. The molecule has 310 valence electrons. The summed E-state index contributed by atoms with van der Waals surface area (Å²) >= 11 is 0. The molecule has 11 nitrogen and oxygen atoms in total. The van der Waals surface area contributed by atoms with Crippen LogP contribution in [0.1, 0.15) is 155 Å². The molecule has 0 rings (SSSR count). The average Bonchev–Trinajstić information content (AvgIpc) is 3.14. The number of carboxylic acids is 1. The molecule has 0 aliphatic carbocycles. The number of nitrogens with one attached hydrogen (secondary N) is 1. The van der Waals surface area contributed by atoms with E-state index in [-0.39, 0.29) is 12.8 Å². The predicted molar refractivity (Wildman–Crippen MR) is 217 cm³/mol. The Morgan fingerprint density at radius 3 is 1.57 bits per heavy atom. The van der Waals surface area contributed by atoms with Crippen LogP contribution in [0.4, 0.5) is 0 Å². The number of amides is 1. The molecule has 0 aromatic carbocycles. The quantitative estimate of drug-likeness (QED) is 0.0206. The maximum Gasteiger partial charge on any atom is 0.472 e. The minimum atomic E-state index is -4.77. The van der Waals surface area contributed by atoms with Crippen molar-refractivity contribution in [2.45, 2.75) is 167 Å². The third-order valence-corrected chi connectivity index (χ3v) is 9.27. The molecule has 12 heteroatoms. The fourth-order valence-corrected chi connectivity index (χ4v) is 5.95. The van der Waals surface area contributed by atoms with Crippen molar-refractivity contribution in [2.75, 3.05) is 19.8 Å². The number of phosphoric ester groups is 1. The summed E-state index contributed by atoms with van der Waals surface area (Å²) in [7, 11) is -4.77. The zero-order chi connectivity index (χ0) is 40.0. The van der Waals surface area contributed by atoms with E-state index in [9.17, 15) is 34.1 Å². The summed E-state index contributed by atoms with van der Waals surface area (Å²) in [6.45, 7) is 2.42. The highest BCUT2D eigenvalue weighted by Gasteiger charge is 2.28. The van der Waals surface area contributed by atoms with Crippen molar-refractivity contribution in [2.24, 2.45) is 0 Å². The van der Waals surface area contributed by atoms with E-state index in [0.29, 0.717) is 19.3 Å². The van der Waals surface area contributed by atoms with Crippen LogP contribution in [0, 0.1) is 0 Å². The number of hydrogen-bond acceptors (Lipinski definition) is 8. The van der Waals surface area contributed by atoms with Gasteiger partial charge in [-0.2, -0.15) is 0 Å². The van der Waals surface area contributed by atoms with Gasteiger partial charge in [-0.15, -0.1) is 0 Å². The fourth-order valence-electron chi connectivity index (χ4n) is 5.17. The molecule has 0 aromatic heterocycles. The first-order valence-electron chi connectivity index (χ1n) is 20.3. The molecule has 0 saturated heterocycles. The van der Waals surface area contributed by atoms with E-state index in [2.05, 4.69) is 67.8 Å². The summed E-state index contributed by atoms with van der Waals surface area (Å²) in [5.74, 6) is -2.46. The normalized spacial score (nSPS) is 14.4. The van der Waals surface area contributed by atoms with Crippen molar-refractivity contribution >= 4 is 25.7 Å². The second-order valence-electron chi connectivity index (χ2n) is 13.4. The largest absolute Gasteiger partial charge is 0.480 e. The van der Waals surface area contributed by atoms with Gasteiger partial charge in [0.2, 0.25) is 5.91 Å². The van der Waals surface area contributed by atoms with Crippen LogP contribution >= 0.6 is 7.82 Å². The lowest BCUT2D eigenvalue weighted by atomic mass is 10.0. The monoisotopic (exact) mass is 781 g/mol. The summed E-state index contributed by atoms with van der Waals surface area (Å²) in [5.41, 5.74) is 0. The molecule has 0 bridgehead atoms. The zero-order valence-corrected chi connectivity index (χ0v) is 34.1. The highest BCUT2D eigenvalue weighted by atomic mass is 31.2. The molecule has 3 atom stereocenters. The van der Waals surface area contributed by atoms with Crippen molar-refractivity contribution in [1.82, 2.24) is 5.32 Å². The van der Waals surface area contributed by atoms with Gasteiger partial charge in [-0.05, 0) is 51.4 Å². The molecule has 0 aliphatic rings. The Bertz CT molecular complexity index is 1150. The van der Waals surface area contributed by atoms with Gasteiger partial charge in [-0.25, -0.2) is 9.36 Å². The topological polar surface area (TPSA) is 169 Å². The number of carbonyl (C=O) groups is 3. The van der Waals surface area contributed by atoms with Crippen LogP contribution in [-0.2, 0) is 32.7 Å². The number of hydrogen-bond donors (Lipinski definition) is 4. The van der Waals surface area contributed by atoms with Crippen molar-refractivity contribution < 1.29 is 47.8 Å². The maximum absolute atomic E-state index is 12.3. The standard InChI is InChI=1S/C42H72NO10P/c1-3-5-7-9-11-13-15-17-18-19-20-22-23-25-27-29-31-33-40(45)43-39(42(47)48)37-53-54(49,50)52-36-38(44)35-51-41(46)34-32-30-28-26-24-21-16-14-12-10-8-6-4-2/h5,7,11,13,17-18,20,22,25,27,38-39,44H,3-4,6,8-10,12,14-16,19,21,23-24,26,28-37H2,1-2H3,(H,43,45)(H,47,48)(H,49,50)/b7-5-,13-11-,18-17-,22-20-,27-25-. The summed E-state index contributed by atoms with van der Waals surface area (Å²) in [6.07, 6.45) is 41.1. The van der Waals surface area contributed by atoms with E-state index in [1.54, 1.807) is 0 Å². The molecule has 54 heavy (non-hydrogen) atoms. The van der Waals surface area contributed by atoms with Crippen molar-refractivity contribution in [3.8, 4) is 0 Å². The number of aliphatic hydroxyl groups is 1. The molecule has 0 heterocycles. The smallest absolute Gasteiger partial charge is 0.472 e. The van der Waals surface area contributed by atoms with Gasteiger partial charge in [-0.3, -0.25) is 18.6 Å². The molecular formula is C42H72NO10P. The highest BCUT2D eigenvalue weighted by molar-refractivity contribution is 7.47. The molecule has 1 amide bonds. The van der Waals surface area contributed by atoms with Gasteiger partial charge in [0.15, 0.2) is 6.04 Å². The molecular weight excluding hydrogens is 709 g/mol. The molecule has 0 spiro atoms. The lowest BCUT2D eigenvalue weighted by Crippen LogP contribution is -2.43. The van der Waals surface area contributed by atoms with E-state index in [4.69, 9.17) is 13.8 Å². The van der Waals surface area contributed by atoms with Crippen LogP contribution in [0.15, 0.2) is 60.8 Å². The Labute approximate surface area is 326 Å². The summed E-state index contributed by atoms with van der Waals surface area (Å²) in [5, 5.41) is 21.7. The number of unbranched alkanes of at least 4 members (excludes halogenated alkanes) is 13. The number of esters is 1. The summed E-state index contributed by atoms with van der Waals surface area (Å²) < 4.78 is 26.7. The van der Waals surface area contributed by atoms with E-state index >= 15 is 0 Å². The highest BCUT2D eigenvalue weighted by Crippen LogP contribution is 2.43. The van der Waals surface area contributed by atoms with Crippen molar-refractivity contribution in [3.63, 3.8) is 0 Å². The van der Waals surface area contributed by atoms with Crippen molar-refractivity contribution in [1.29, 1.82) is 0 Å². The minimum Gasteiger partial charge on any atom is -0.480 e.